The van der Waals surface area contributed by atoms with Gasteiger partial charge in [0.15, 0.2) is 6.26 Å². The van der Waals surface area contributed by atoms with Gasteiger partial charge in [-0.1, -0.05) is 0 Å². The van der Waals surface area contributed by atoms with Crippen LogP contribution in [0.4, 0.5) is 0 Å². The van der Waals surface area contributed by atoms with Crippen LogP contribution in [0, 0.1) is 0 Å². The summed E-state index contributed by atoms with van der Waals surface area (Å²) in [6.45, 7) is 0. The molecule has 1 N–H and O–H groups in total. The molecule has 0 saturated heterocycles. The van der Waals surface area contributed by atoms with Crippen LogP contribution in [-0.4, -0.2) is 15.4 Å². The lowest BCUT2D eigenvalue weighted by molar-refractivity contribution is 0.393. The van der Waals surface area contributed by atoms with Gasteiger partial charge in [0.1, 0.15) is 5.69 Å². The lowest BCUT2D eigenvalue weighted by Gasteiger charge is -1.80. The third-order valence-electron chi connectivity index (χ3n) is 1.25. The molecule has 0 aliphatic carbocycles. The molecule has 0 saturated carbocycles. The fourth-order valence-corrected chi connectivity index (χ4v) is 0.774. The highest BCUT2D eigenvalue weighted by molar-refractivity contribution is 5.55. The maximum absolute atomic E-state index is 4.56. The molecule has 4 nitrogen and oxygen atoms in total. The third kappa shape index (κ3) is 0.699. The van der Waals surface area contributed by atoms with Gasteiger partial charge in [-0.15, -0.1) is 5.10 Å². The average Bonchev–Trinajstić information content (AvgIpc) is 2.59. The second kappa shape index (κ2) is 1.98. The van der Waals surface area contributed by atoms with Crippen molar-refractivity contribution in [3.63, 3.8) is 0 Å². The van der Waals surface area contributed by atoms with Gasteiger partial charge in [-0.05, 0) is 6.07 Å². The number of H-pyrrole nitrogens is 1. The predicted octanol–water partition coefficient (Wildman–Crippen LogP) is 1.06. The maximum Gasteiger partial charge on any atom is 0.152 e. The summed E-state index contributed by atoms with van der Waals surface area (Å²) in [6, 6.07) is 1.90. The van der Waals surface area contributed by atoms with Crippen molar-refractivity contribution in [1.29, 1.82) is 0 Å². The number of hydrogen-bond donors (Lipinski definition) is 1. The summed E-state index contributed by atoms with van der Waals surface area (Å²) in [5.41, 5.74) is 1.74. The van der Waals surface area contributed by atoms with Gasteiger partial charge in [0, 0.05) is 23.2 Å². The Morgan fingerprint density at radius 3 is 3.10 bits per heavy atom. The van der Waals surface area contributed by atoms with Crippen molar-refractivity contribution in [2.45, 2.75) is 0 Å². The molecule has 4 heteroatoms. The van der Waals surface area contributed by atoms with E-state index in [2.05, 4.69) is 19.9 Å². The molecule has 0 aliphatic rings. The van der Waals surface area contributed by atoms with Crippen molar-refractivity contribution < 1.29 is 4.52 Å². The van der Waals surface area contributed by atoms with Crippen molar-refractivity contribution in [2.75, 3.05) is 0 Å². The SMILES string of the molecule is c1cc(-c2conn2)c[nH]1. The van der Waals surface area contributed by atoms with Crippen LogP contribution in [0.15, 0.2) is 29.2 Å². The van der Waals surface area contributed by atoms with E-state index in [-0.39, 0.29) is 0 Å². The van der Waals surface area contributed by atoms with Crippen LogP contribution in [0.5, 0.6) is 0 Å². The summed E-state index contributed by atoms with van der Waals surface area (Å²) in [4.78, 5) is 2.91. The zero-order chi connectivity index (χ0) is 6.81. The summed E-state index contributed by atoms with van der Waals surface area (Å²) in [7, 11) is 0. The number of nitrogens with one attached hydrogen (secondary N) is 1. The second-order valence-electron chi connectivity index (χ2n) is 1.89. The first kappa shape index (κ1) is 5.22. The first-order valence-electron chi connectivity index (χ1n) is 2.87. The van der Waals surface area contributed by atoms with Crippen LogP contribution in [0.25, 0.3) is 11.3 Å². The largest absolute Gasteiger partial charge is 0.367 e. The van der Waals surface area contributed by atoms with Gasteiger partial charge in [-0.25, -0.2) is 0 Å². The van der Waals surface area contributed by atoms with Gasteiger partial charge < -0.3 is 9.51 Å². The van der Waals surface area contributed by atoms with Crippen molar-refractivity contribution in [3.05, 3.63) is 24.7 Å². The van der Waals surface area contributed by atoms with E-state index in [1.165, 1.54) is 6.26 Å². The smallest absolute Gasteiger partial charge is 0.152 e. The number of hydrogen-bond acceptors (Lipinski definition) is 3. The Balaban J connectivity index is 2.48. The minimum atomic E-state index is 0.751. The minimum absolute atomic E-state index is 0.751. The Morgan fingerprint density at radius 1 is 1.50 bits per heavy atom. The van der Waals surface area contributed by atoms with Crippen LogP contribution in [0.3, 0.4) is 0 Å². The lowest BCUT2D eigenvalue weighted by Crippen LogP contribution is -1.71. The van der Waals surface area contributed by atoms with Crippen LogP contribution in [0.1, 0.15) is 0 Å². The fourth-order valence-electron chi connectivity index (χ4n) is 0.774. The van der Waals surface area contributed by atoms with E-state index in [9.17, 15) is 0 Å². The fraction of sp³-hybridized carbons (Fsp3) is 0. The Kier molecular flexibility index (Phi) is 1.04. The van der Waals surface area contributed by atoms with Gasteiger partial charge >= 0.3 is 0 Å². The molecule has 2 aromatic heterocycles. The van der Waals surface area contributed by atoms with Gasteiger partial charge in [0.25, 0.3) is 0 Å². The van der Waals surface area contributed by atoms with Gasteiger partial charge in [-0.2, -0.15) is 0 Å². The molecule has 0 radical (unpaired) electrons. The molecule has 0 aliphatic heterocycles. The number of nitrogens with zero attached hydrogens (tertiary/aromatic N) is 2. The molecule has 0 amide bonds. The normalized spacial score (nSPS) is 10.0. The summed E-state index contributed by atoms with van der Waals surface area (Å²) < 4.78 is 4.56. The molecule has 2 heterocycles. The Morgan fingerprint density at radius 2 is 2.50 bits per heavy atom. The van der Waals surface area contributed by atoms with Gasteiger partial charge in [-0.3, -0.25) is 0 Å². The topological polar surface area (TPSA) is 54.7 Å². The molecular weight excluding hydrogens is 130 g/mol. The summed E-state index contributed by atoms with van der Waals surface area (Å²) in [6.07, 6.45) is 5.16. The molecular formula is C6H5N3O. The van der Waals surface area contributed by atoms with E-state index in [0.717, 1.165) is 11.3 Å². The molecule has 0 aromatic carbocycles. The van der Waals surface area contributed by atoms with E-state index < -0.39 is 0 Å². The Bertz CT molecular complexity index is 252. The van der Waals surface area contributed by atoms with Crippen LogP contribution in [0.2, 0.25) is 0 Å². The molecule has 2 rings (SSSR count). The van der Waals surface area contributed by atoms with Crippen LogP contribution >= 0.6 is 0 Å². The standard InChI is InChI=1S/C6H5N3O/c1-2-7-3-5(1)6-4-10-9-8-6/h1-4,7H. The quantitative estimate of drug-likeness (QED) is 0.636. The molecule has 10 heavy (non-hydrogen) atoms. The van der Waals surface area contributed by atoms with Crippen LogP contribution < -0.4 is 0 Å². The monoisotopic (exact) mass is 135 g/mol. The van der Waals surface area contributed by atoms with Gasteiger partial charge in [0.2, 0.25) is 0 Å². The number of aromatic amines is 1. The minimum Gasteiger partial charge on any atom is -0.367 e. The van der Waals surface area contributed by atoms with Gasteiger partial charge in [0.05, 0.1) is 0 Å². The second-order valence-corrected chi connectivity index (χ2v) is 1.89. The first-order valence-corrected chi connectivity index (χ1v) is 2.87. The van der Waals surface area contributed by atoms with Crippen molar-refractivity contribution in [2.24, 2.45) is 0 Å². The van der Waals surface area contributed by atoms with E-state index >= 15 is 0 Å². The zero-order valence-electron chi connectivity index (χ0n) is 5.11. The predicted molar refractivity (Wildman–Crippen MR) is 34.1 cm³/mol. The Labute approximate surface area is 56.9 Å². The zero-order valence-corrected chi connectivity index (χ0v) is 5.11. The van der Waals surface area contributed by atoms with Crippen molar-refractivity contribution >= 4 is 0 Å². The van der Waals surface area contributed by atoms with Crippen molar-refractivity contribution in [1.82, 2.24) is 15.4 Å². The van der Waals surface area contributed by atoms with E-state index in [1.54, 1.807) is 0 Å². The molecule has 0 fully saturated rings. The molecule has 0 unspecified atom stereocenters. The van der Waals surface area contributed by atoms with E-state index in [0.29, 0.717) is 0 Å². The molecule has 0 spiro atoms. The summed E-state index contributed by atoms with van der Waals surface area (Å²) in [5, 5.41) is 7.06. The number of rotatable bonds is 1. The highest BCUT2D eigenvalue weighted by Gasteiger charge is 1.99. The van der Waals surface area contributed by atoms with E-state index in [1.807, 2.05) is 18.5 Å². The highest BCUT2D eigenvalue weighted by atomic mass is 16.5. The highest BCUT2D eigenvalue weighted by Crippen LogP contribution is 2.13. The Hall–Kier alpha value is -1.58. The molecule has 2 aromatic rings. The van der Waals surface area contributed by atoms with E-state index in [4.69, 9.17) is 0 Å². The summed E-state index contributed by atoms with van der Waals surface area (Å²) in [5.74, 6) is 0. The number of aromatic nitrogens is 3. The van der Waals surface area contributed by atoms with Crippen LogP contribution in [-0.2, 0) is 0 Å². The molecule has 50 valence electrons. The van der Waals surface area contributed by atoms with Crippen molar-refractivity contribution in [3.8, 4) is 11.3 Å². The lowest BCUT2D eigenvalue weighted by atomic mass is 10.3. The maximum atomic E-state index is 4.56. The third-order valence-corrected chi connectivity index (χ3v) is 1.25. The molecule has 0 bridgehead atoms. The first-order chi connectivity index (χ1) is 4.97. The average molecular weight is 135 g/mol. The summed E-state index contributed by atoms with van der Waals surface area (Å²) >= 11 is 0. The molecule has 0 atom stereocenters.